The van der Waals surface area contributed by atoms with Gasteiger partial charge >= 0.3 is 0 Å². The van der Waals surface area contributed by atoms with E-state index in [-0.39, 0.29) is 11.9 Å². The lowest BCUT2D eigenvalue weighted by atomic mass is 10.0. The average Bonchev–Trinajstić information content (AvgIpc) is 3.10. The molecule has 2 nitrogen and oxygen atoms in total. The fourth-order valence-electron chi connectivity index (χ4n) is 3.78. The zero-order valence-electron chi connectivity index (χ0n) is 11.9. The van der Waals surface area contributed by atoms with Gasteiger partial charge in [0.2, 0.25) is 0 Å². The molecule has 20 heavy (non-hydrogen) atoms. The zero-order chi connectivity index (χ0) is 14.1. The van der Waals surface area contributed by atoms with Gasteiger partial charge in [0, 0.05) is 28.2 Å². The number of rotatable bonds is 3. The summed E-state index contributed by atoms with van der Waals surface area (Å²) in [5, 5.41) is 3.62. The number of benzene rings is 1. The van der Waals surface area contributed by atoms with Gasteiger partial charge in [0.05, 0.1) is 0 Å². The second-order valence-corrected chi connectivity index (χ2v) is 6.91. The maximum absolute atomic E-state index is 14.1. The van der Waals surface area contributed by atoms with Crippen LogP contribution in [0.1, 0.15) is 44.2 Å². The van der Waals surface area contributed by atoms with E-state index in [0.29, 0.717) is 12.1 Å². The normalized spacial score (nSPS) is 28.9. The molecule has 2 fully saturated rings. The Balaban J connectivity index is 1.81. The number of nitrogens with zero attached hydrogens (tertiary/aromatic N) is 1. The second kappa shape index (κ2) is 6.12. The molecule has 3 rings (SSSR count). The topological polar surface area (TPSA) is 15.3 Å². The number of likely N-dealkylation sites (tertiary alicyclic amines) is 1. The van der Waals surface area contributed by atoms with Crippen molar-refractivity contribution in [1.29, 1.82) is 0 Å². The summed E-state index contributed by atoms with van der Waals surface area (Å²) < 4.78 is 15.1. The van der Waals surface area contributed by atoms with Crippen molar-refractivity contribution in [3.05, 3.63) is 34.1 Å². The molecule has 2 aliphatic heterocycles. The summed E-state index contributed by atoms with van der Waals surface area (Å²) in [6.07, 6.45) is 4.99. The van der Waals surface area contributed by atoms with Crippen LogP contribution in [-0.4, -0.2) is 30.1 Å². The molecule has 0 bridgehead atoms. The van der Waals surface area contributed by atoms with Crippen LogP contribution in [0.5, 0.6) is 0 Å². The van der Waals surface area contributed by atoms with Crippen LogP contribution in [-0.2, 0) is 0 Å². The van der Waals surface area contributed by atoms with Gasteiger partial charge in [-0.25, -0.2) is 4.39 Å². The van der Waals surface area contributed by atoms with Gasteiger partial charge in [0.25, 0.3) is 0 Å². The Bertz CT molecular complexity index is 474. The fraction of sp³-hybridized carbons (Fsp3) is 0.625. The van der Waals surface area contributed by atoms with E-state index in [1.165, 1.54) is 25.7 Å². The fourth-order valence-corrected chi connectivity index (χ4v) is 4.16. The third kappa shape index (κ3) is 2.78. The summed E-state index contributed by atoms with van der Waals surface area (Å²) in [6, 6.07) is 6.56. The van der Waals surface area contributed by atoms with Gasteiger partial charge in [-0.1, -0.05) is 15.9 Å². The summed E-state index contributed by atoms with van der Waals surface area (Å²) in [6.45, 7) is 4.35. The van der Waals surface area contributed by atoms with Crippen LogP contribution in [0.15, 0.2) is 22.7 Å². The number of hydrogen-bond acceptors (Lipinski definition) is 2. The molecule has 110 valence electrons. The SMILES string of the molecule is CC(c1cc(Br)ccc1F)N1CCCC1C1CCCN1. The van der Waals surface area contributed by atoms with Crippen LogP contribution >= 0.6 is 15.9 Å². The maximum Gasteiger partial charge on any atom is 0.128 e. The first kappa shape index (κ1) is 14.5. The molecule has 0 spiro atoms. The highest BCUT2D eigenvalue weighted by molar-refractivity contribution is 9.10. The molecular weight excluding hydrogens is 319 g/mol. The molecular formula is C16H22BrFN2. The predicted molar refractivity (Wildman–Crippen MR) is 83.3 cm³/mol. The molecule has 1 N–H and O–H groups in total. The summed E-state index contributed by atoms with van der Waals surface area (Å²) in [7, 11) is 0. The van der Waals surface area contributed by atoms with Crippen LogP contribution in [0.4, 0.5) is 4.39 Å². The Labute approximate surface area is 128 Å². The van der Waals surface area contributed by atoms with Crippen LogP contribution in [0.2, 0.25) is 0 Å². The monoisotopic (exact) mass is 340 g/mol. The van der Waals surface area contributed by atoms with Crippen LogP contribution in [0.3, 0.4) is 0 Å². The highest BCUT2D eigenvalue weighted by atomic mass is 79.9. The Morgan fingerprint density at radius 1 is 1.35 bits per heavy atom. The van der Waals surface area contributed by atoms with Crippen molar-refractivity contribution >= 4 is 15.9 Å². The molecule has 0 saturated carbocycles. The van der Waals surface area contributed by atoms with E-state index in [9.17, 15) is 4.39 Å². The molecule has 2 aliphatic rings. The third-order valence-corrected chi connectivity index (χ3v) is 5.30. The predicted octanol–water partition coefficient (Wildman–Crippen LogP) is 3.87. The van der Waals surface area contributed by atoms with E-state index in [1.54, 1.807) is 12.1 Å². The maximum atomic E-state index is 14.1. The Morgan fingerprint density at radius 3 is 2.95 bits per heavy atom. The molecule has 0 radical (unpaired) electrons. The molecule has 2 saturated heterocycles. The van der Waals surface area contributed by atoms with Crippen LogP contribution in [0, 0.1) is 5.82 Å². The number of hydrogen-bond donors (Lipinski definition) is 1. The van der Waals surface area contributed by atoms with Crippen molar-refractivity contribution in [3.8, 4) is 0 Å². The first-order valence-electron chi connectivity index (χ1n) is 7.61. The van der Waals surface area contributed by atoms with Crippen molar-refractivity contribution in [3.63, 3.8) is 0 Å². The molecule has 4 heteroatoms. The van der Waals surface area contributed by atoms with Gasteiger partial charge < -0.3 is 5.32 Å². The molecule has 0 aromatic heterocycles. The highest BCUT2D eigenvalue weighted by Crippen LogP contribution is 2.34. The minimum absolute atomic E-state index is 0.0919. The third-order valence-electron chi connectivity index (χ3n) is 4.81. The smallest absolute Gasteiger partial charge is 0.128 e. The molecule has 0 amide bonds. The summed E-state index contributed by atoms with van der Waals surface area (Å²) >= 11 is 3.46. The second-order valence-electron chi connectivity index (χ2n) is 5.99. The average molecular weight is 341 g/mol. The van der Waals surface area contributed by atoms with Crippen LogP contribution in [0.25, 0.3) is 0 Å². The largest absolute Gasteiger partial charge is 0.312 e. The number of halogens is 2. The van der Waals surface area contributed by atoms with Gasteiger partial charge in [-0.3, -0.25) is 4.90 Å². The lowest BCUT2D eigenvalue weighted by Gasteiger charge is -2.34. The zero-order valence-corrected chi connectivity index (χ0v) is 13.5. The van der Waals surface area contributed by atoms with Gasteiger partial charge in [0.1, 0.15) is 5.82 Å². The molecule has 1 aromatic carbocycles. The number of nitrogens with one attached hydrogen (secondary N) is 1. The van der Waals surface area contributed by atoms with E-state index >= 15 is 0 Å². The summed E-state index contributed by atoms with van der Waals surface area (Å²) in [5.41, 5.74) is 0.810. The Hall–Kier alpha value is -0.450. The van der Waals surface area contributed by atoms with Crippen molar-refractivity contribution < 1.29 is 4.39 Å². The van der Waals surface area contributed by atoms with Gasteiger partial charge in [-0.05, 0) is 63.9 Å². The standard InChI is InChI=1S/C16H22BrFN2/c1-11(13-10-12(17)6-7-14(13)18)20-9-3-5-16(20)15-4-2-8-19-15/h6-7,10-11,15-16,19H,2-5,8-9H2,1H3. The first-order valence-corrected chi connectivity index (χ1v) is 8.40. The van der Waals surface area contributed by atoms with Crippen molar-refractivity contribution in [2.45, 2.75) is 50.7 Å². The molecule has 0 aliphatic carbocycles. The van der Waals surface area contributed by atoms with Gasteiger partial charge in [0.15, 0.2) is 0 Å². The molecule has 3 unspecified atom stereocenters. The minimum Gasteiger partial charge on any atom is -0.312 e. The molecule has 1 aromatic rings. The molecule has 3 atom stereocenters. The first-order chi connectivity index (χ1) is 9.66. The van der Waals surface area contributed by atoms with Crippen molar-refractivity contribution in [2.24, 2.45) is 0 Å². The van der Waals surface area contributed by atoms with Gasteiger partial charge in [-0.2, -0.15) is 0 Å². The lowest BCUT2D eigenvalue weighted by molar-refractivity contribution is 0.160. The summed E-state index contributed by atoms with van der Waals surface area (Å²) in [5.74, 6) is -0.0919. The van der Waals surface area contributed by atoms with E-state index in [4.69, 9.17) is 0 Å². The van der Waals surface area contributed by atoms with Crippen LogP contribution < -0.4 is 5.32 Å². The lowest BCUT2D eigenvalue weighted by Crippen LogP contribution is -2.44. The molecule has 2 heterocycles. The van der Waals surface area contributed by atoms with Crippen molar-refractivity contribution in [2.75, 3.05) is 13.1 Å². The minimum atomic E-state index is -0.0919. The highest BCUT2D eigenvalue weighted by Gasteiger charge is 2.36. The van der Waals surface area contributed by atoms with E-state index in [0.717, 1.165) is 23.1 Å². The van der Waals surface area contributed by atoms with E-state index in [1.807, 2.05) is 6.07 Å². The summed E-state index contributed by atoms with van der Waals surface area (Å²) in [4.78, 5) is 2.49. The van der Waals surface area contributed by atoms with E-state index < -0.39 is 0 Å². The Morgan fingerprint density at radius 2 is 2.20 bits per heavy atom. The quantitative estimate of drug-likeness (QED) is 0.898. The van der Waals surface area contributed by atoms with E-state index in [2.05, 4.69) is 33.1 Å². The van der Waals surface area contributed by atoms with Crippen molar-refractivity contribution in [1.82, 2.24) is 10.2 Å². The van der Waals surface area contributed by atoms with Gasteiger partial charge in [-0.15, -0.1) is 0 Å². The Kier molecular flexibility index (Phi) is 4.43.